The zero-order chi connectivity index (χ0) is 16.9. The maximum absolute atomic E-state index is 12.0. The summed E-state index contributed by atoms with van der Waals surface area (Å²) in [6.45, 7) is 0.557. The third-order valence-corrected chi connectivity index (χ3v) is 3.70. The number of ketones is 1. The maximum Gasteiger partial charge on any atom is 0.242 e. The monoisotopic (exact) mass is 335 g/mol. The standard InChI is InChI=1S/C17H13N5OS/c1-2-16(23)14-9-8-13(22-17(24)19-20-21-22)10-15(14)18-11-12-6-4-3-5-7-12/h1,3-10,18H,11H2,(H,19,21,24). The zero-order valence-electron chi connectivity index (χ0n) is 12.6. The quantitative estimate of drug-likeness (QED) is 0.324. The van der Waals surface area contributed by atoms with Gasteiger partial charge in [0.2, 0.25) is 10.6 Å². The lowest BCUT2D eigenvalue weighted by atomic mass is 10.1. The van der Waals surface area contributed by atoms with Gasteiger partial charge < -0.3 is 5.32 Å². The first-order valence-electron chi connectivity index (χ1n) is 7.12. The molecule has 0 amide bonds. The summed E-state index contributed by atoms with van der Waals surface area (Å²) in [6, 6.07) is 15.0. The summed E-state index contributed by atoms with van der Waals surface area (Å²) >= 11 is 5.10. The molecule has 0 atom stereocenters. The highest BCUT2D eigenvalue weighted by Crippen LogP contribution is 2.21. The topological polar surface area (TPSA) is 75.6 Å². The van der Waals surface area contributed by atoms with E-state index in [0.717, 1.165) is 5.56 Å². The maximum atomic E-state index is 12.0. The zero-order valence-corrected chi connectivity index (χ0v) is 13.4. The van der Waals surface area contributed by atoms with E-state index in [4.69, 9.17) is 18.6 Å². The second-order valence-corrected chi connectivity index (χ2v) is 5.33. The van der Waals surface area contributed by atoms with Crippen molar-refractivity contribution in [2.75, 3.05) is 5.32 Å². The fraction of sp³-hybridized carbons (Fsp3) is 0.0588. The molecule has 24 heavy (non-hydrogen) atoms. The first kappa shape index (κ1) is 15.6. The molecule has 1 aromatic heterocycles. The Labute approximate surface area is 143 Å². The molecule has 0 aliphatic heterocycles. The van der Waals surface area contributed by atoms with Gasteiger partial charge in [0.25, 0.3) is 0 Å². The number of carbonyl (C=O) groups is 1. The normalized spacial score (nSPS) is 10.1. The van der Waals surface area contributed by atoms with Crippen molar-refractivity contribution < 1.29 is 4.79 Å². The minimum atomic E-state index is -0.386. The molecule has 118 valence electrons. The van der Waals surface area contributed by atoms with Gasteiger partial charge in [0.05, 0.1) is 11.3 Å². The van der Waals surface area contributed by atoms with Gasteiger partial charge in [-0.1, -0.05) is 40.6 Å². The summed E-state index contributed by atoms with van der Waals surface area (Å²) < 4.78 is 1.83. The van der Waals surface area contributed by atoms with E-state index in [2.05, 4.69) is 26.8 Å². The number of nitrogens with zero attached hydrogens (tertiary/aromatic N) is 3. The predicted octanol–water partition coefficient (Wildman–Crippen LogP) is 2.75. The van der Waals surface area contributed by atoms with Crippen molar-refractivity contribution in [3.8, 4) is 18.0 Å². The highest BCUT2D eigenvalue weighted by Gasteiger charge is 2.12. The van der Waals surface area contributed by atoms with Crippen molar-refractivity contribution in [3.05, 3.63) is 64.4 Å². The van der Waals surface area contributed by atoms with E-state index < -0.39 is 0 Å². The number of aromatic amines is 1. The fourth-order valence-corrected chi connectivity index (χ4v) is 2.44. The number of rotatable bonds is 5. The van der Waals surface area contributed by atoms with E-state index in [1.54, 1.807) is 18.2 Å². The summed E-state index contributed by atoms with van der Waals surface area (Å²) in [5.41, 5.74) is 2.84. The van der Waals surface area contributed by atoms with Crippen LogP contribution in [0.5, 0.6) is 0 Å². The smallest absolute Gasteiger partial charge is 0.242 e. The molecule has 0 saturated carbocycles. The average Bonchev–Trinajstić information content (AvgIpc) is 3.06. The van der Waals surface area contributed by atoms with Crippen LogP contribution in [0.15, 0.2) is 48.5 Å². The van der Waals surface area contributed by atoms with E-state index in [0.29, 0.717) is 28.3 Å². The average molecular weight is 335 g/mol. The Kier molecular flexibility index (Phi) is 4.50. The molecular formula is C17H13N5OS. The van der Waals surface area contributed by atoms with Crippen LogP contribution in [0, 0.1) is 17.1 Å². The molecule has 0 fully saturated rings. The highest BCUT2D eigenvalue weighted by atomic mass is 32.1. The Morgan fingerprint density at radius 1 is 1.29 bits per heavy atom. The van der Waals surface area contributed by atoms with Crippen molar-refractivity contribution in [3.63, 3.8) is 0 Å². The third kappa shape index (κ3) is 3.24. The SMILES string of the molecule is C#CC(=O)c1ccc(-n2[nH]nnc2=S)cc1NCc1ccccc1. The molecule has 0 radical (unpaired) electrons. The van der Waals surface area contributed by atoms with Gasteiger partial charge in [0.1, 0.15) is 0 Å². The van der Waals surface area contributed by atoms with Crippen molar-refractivity contribution in [1.82, 2.24) is 20.2 Å². The van der Waals surface area contributed by atoms with E-state index >= 15 is 0 Å². The summed E-state index contributed by atoms with van der Waals surface area (Å²) in [7, 11) is 0. The molecular weight excluding hydrogens is 322 g/mol. The molecule has 0 saturated heterocycles. The molecule has 6 nitrogen and oxygen atoms in total. The Bertz CT molecular complexity index is 968. The van der Waals surface area contributed by atoms with E-state index in [9.17, 15) is 4.79 Å². The van der Waals surface area contributed by atoms with Gasteiger partial charge in [-0.05, 0) is 41.9 Å². The molecule has 0 aliphatic carbocycles. The van der Waals surface area contributed by atoms with Crippen LogP contribution in [0.25, 0.3) is 5.69 Å². The van der Waals surface area contributed by atoms with Crippen LogP contribution in [0.3, 0.4) is 0 Å². The van der Waals surface area contributed by atoms with Crippen molar-refractivity contribution in [1.29, 1.82) is 0 Å². The molecule has 0 bridgehead atoms. The predicted molar refractivity (Wildman–Crippen MR) is 93.5 cm³/mol. The van der Waals surface area contributed by atoms with Crippen LogP contribution in [-0.4, -0.2) is 26.0 Å². The number of benzene rings is 2. The lowest BCUT2D eigenvalue weighted by Gasteiger charge is -2.12. The van der Waals surface area contributed by atoms with Gasteiger partial charge in [-0.2, -0.15) is 5.21 Å². The number of H-pyrrole nitrogens is 1. The number of terminal acetylenes is 1. The largest absolute Gasteiger partial charge is 0.380 e. The molecule has 0 aliphatic rings. The highest BCUT2D eigenvalue weighted by molar-refractivity contribution is 7.71. The van der Waals surface area contributed by atoms with Crippen LogP contribution in [0.2, 0.25) is 0 Å². The second kappa shape index (κ2) is 6.89. The Morgan fingerprint density at radius 2 is 2.08 bits per heavy atom. The number of aromatic nitrogens is 4. The van der Waals surface area contributed by atoms with Gasteiger partial charge in [-0.3, -0.25) is 4.79 Å². The molecule has 3 aromatic rings. The number of hydrogen-bond acceptors (Lipinski definition) is 5. The molecule has 0 unspecified atom stereocenters. The Hall–Kier alpha value is -3.24. The first-order valence-corrected chi connectivity index (χ1v) is 7.53. The summed E-state index contributed by atoms with van der Waals surface area (Å²) in [6.07, 6.45) is 5.26. The molecule has 7 heteroatoms. The lowest BCUT2D eigenvalue weighted by Crippen LogP contribution is -2.07. The third-order valence-electron chi connectivity index (χ3n) is 3.43. The van der Waals surface area contributed by atoms with E-state index in [1.807, 2.05) is 30.3 Å². The van der Waals surface area contributed by atoms with Crippen LogP contribution in [0.4, 0.5) is 5.69 Å². The Morgan fingerprint density at radius 3 is 2.75 bits per heavy atom. The molecule has 2 aromatic carbocycles. The summed E-state index contributed by atoms with van der Waals surface area (Å²) in [5, 5.41) is 13.3. The number of carbonyl (C=O) groups excluding carboxylic acids is 1. The summed E-state index contributed by atoms with van der Waals surface area (Å²) in [5.74, 6) is 1.76. The minimum Gasteiger partial charge on any atom is -0.380 e. The number of nitrogens with one attached hydrogen (secondary N) is 2. The fourth-order valence-electron chi connectivity index (χ4n) is 2.25. The Balaban J connectivity index is 1.97. The van der Waals surface area contributed by atoms with E-state index in [-0.39, 0.29) is 5.78 Å². The van der Waals surface area contributed by atoms with Gasteiger partial charge >= 0.3 is 0 Å². The van der Waals surface area contributed by atoms with Crippen molar-refractivity contribution in [2.45, 2.75) is 6.54 Å². The van der Waals surface area contributed by atoms with Crippen molar-refractivity contribution in [2.24, 2.45) is 0 Å². The van der Waals surface area contributed by atoms with Gasteiger partial charge in [-0.25, -0.2) is 4.68 Å². The van der Waals surface area contributed by atoms with Crippen LogP contribution < -0.4 is 5.32 Å². The van der Waals surface area contributed by atoms with Crippen LogP contribution >= 0.6 is 12.2 Å². The second-order valence-electron chi connectivity index (χ2n) is 4.96. The summed E-state index contributed by atoms with van der Waals surface area (Å²) in [4.78, 5) is 12.0. The number of anilines is 1. The minimum absolute atomic E-state index is 0.292. The number of Topliss-reactive ketones (excluding diaryl/α,β-unsaturated/α-hetero) is 1. The van der Waals surface area contributed by atoms with Gasteiger partial charge in [0.15, 0.2) is 0 Å². The van der Waals surface area contributed by atoms with E-state index in [1.165, 1.54) is 4.68 Å². The van der Waals surface area contributed by atoms with Crippen LogP contribution in [-0.2, 0) is 6.54 Å². The van der Waals surface area contributed by atoms with Gasteiger partial charge in [0, 0.05) is 12.2 Å². The molecule has 3 rings (SSSR count). The molecule has 2 N–H and O–H groups in total. The first-order chi connectivity index (χ1) is 11.7. The molecule has 0 spiro atoms. The van der Waals surface area contributed by atoms with Gasteiger partial charge in [-0.15, -0.1) is 6.42 Å². The molecule has 1 heterocycles. The van der Waals surface area contributed by atoms with Crippen molar-refractivity contribution >= 4 is 23.7 Å². The van der Waals surface area contributed by atoms with Crippen LogP contribution in [0.1, 0.15) is 15.9 Å². The lowest BCUT2D eigenvalue weighted by molar-refractivity contribution is 0.105. The number of tetrazole rings is 1. The number of hydrogen-bond donors (Lipinski definition) is 2.